The molecular formula is C23H28N2O4S. The van der Waals surface area contributed by atoms with Gasteiger partial charge in [0.1, 0.15) is 5.75 Å². The van der Waals surface area contributed by atoms with Crippen molar-refractivity contribution in [3.63, 3.8) is 0 Å². The predicted molar refractivity (Wildman–Crippen MR) is 116 cm³/mol. The van der Waals surface area contributed by atoms with E-state index in [1.807, 2.05) is 12.1 Å². The Bertz CT molecular complexity index is 1010. The highest BCUT2D eigenvalue weighted by Gasteiger charge is 2.27. The quantitative estimate of drug-likeness (QED) is 0.760. The van der Waals surface area contributed by atoms with E-state index in [2.05, 4.69) is 11.4 Å². The molecule has 1 amide bonds. The molecule has 2 aromatic rings. The van der Waals surface area contributed by atoms with Gasteiger partial charge in [-0.2, -0.15) is 4.31 Å². The Hall–Kier alpha value is -2.38. The number of fused-ring (bicyclic) bond motifs is 1. The van der Waals surface area contributed by atoms with Crippen molar-refractivity contribution < 1.29 is 17.9 Å². The van der Waals surface area contributed by atoms with Crippen LogP contribution in [-0.4, -0.2) is 37.8 Å². The van der Waals surface area contributed by atoms with Gasteiger partial charge >= 0.3 is 0 Å². The molecule has 160 valence electrons. The van der Waals surface area contributed by atoms with Crippen molar-refractivity contribution in [2.45, 2.75) is 56.4 Å². The Morgan fingerprint density at radius 2 is 1.63 bits per heavy atom. The molecule has 1 heterocycles. The molecule has 0 spiro atoms. The van der Waals surface area contributed by atoms with Gasteiger partial charge in [0.25, 0.3) is 5.91 Å². The van der Waals surface area contributed by atoms with E-state index in [1.165, 1.54) is 40.4 Å². The van der Waals surface area contributed by atoms with Crippen molar-refractivity contribution in [3.05, 3.63) is 53.6 Å². The van der Waals surface area contributed by atoms with Crippen molar-refractivity contribution in [3.8, 4) is 5.75 Å². The maximum atomic E-state index is 12.6. The number of carbonyl (C=O) groups is 1. The van der Waals surface area contributed by atoms with Crippen LogP contribution in [0.1, 0.15) is 43.7 Å². The van der Waals surface area contributed by atoms with Crippen LogP contribution in [0.25, 0.3) is 0 Å². The fraction of sp³-hybridized carbons (Fsp3) is 0.435. The lowest BCUT2D eigenvalue weighted by atomic mass is 9.92. The summed E-state index contributed by atoms with van der Waals surface area (Å²) in [5.41, 5.74) is 3.22. The number of rotatable bonds is 6. The zero-order valence-electron chi connectivity index (χ0n) is 17.3. The number of sulfonamides is 1. The molecule has 2 aliphatic rings. The van der Waals surface area contributed by atoms with Crippen LogP contribution in [0.5, 0.6) is 5.75 Å². The summed E-state index contributed by atoms with van der Waals surface area (Å²) < 4.78 is 32.6. The second-order valence-corrected chi connectivity index (χ2v) is 9.96. The Kier molecular flexibility index (Phi) is 6.11. The van der Waals surface area contributed by atoms with Crippen LogP contribution in [0.4, 0.5) is 5.69 Å². The van der Waals surface area contributed by atoms with E-state index >= 15 is 0 Å². The van der Waals surface area contributed by atoms with Gasteiger partial charge in [-0.25, -0.2) is 8.42 Å². The first-order valence-electron chi connectivity index (χ1n) is 10.6. The molecule has 1 aliphatic heterocycles. The van der Waals surface area contributed by atoms with Gasteiger partial charge in [0.05, 0.1) is 4.90 Å². The third-order valence-electron chi connectivity index (χ3n) is 5.83. The summed E-state index contributed by atoms with van der Waals surface area (Å²) in [6.07, 6.45) is 5.71. The first-order chi connectivity index (χ1) is 14.4. The summed E-state index contributed by atoms with van der Waals surface area (Å²) in [6.45, 7) is 2.84. The van der Waals surface area contributed by atoms with Crippen LogP contribution in [-0.2, 0) is 27.7 Å². The van der Waals surface area contributed by atoms with E-state index in [0.29, 0.717) is 24.5 Å². The standard InChI is InChI=1S/C23H28N2O4S/c1-17(29-21-11-8-18-6-2-3-7-19(18)16-21)23(26)24-20-9-12-22(13-10-20)30(27,28)25-14-4-5-15-25/h8-13,16-17H,2-7,14-15H2,1H3,(H,24,26)/t17-/m1/s1. The number of anilines is 1. The van der Waals surface area contributed by atoms with Crippen molar-refractivity contribution in [1.82, 2.24) is 4.31 Å². The number of ether oxygens (including phenoxy) is 1. The molecule has 4 rings (SSSR count). The van der Waals surface area contributed by atoms with Gasteiger partial charge < -0.3 is 10.1 Å². The number of amides is 1. The summed E-state index contributed by atoms with van der Waals surface area (Å²) in [4.78, 5) is 12.8. The average molecular weight is 429 g/mol. The molecule has 0 radical (unpaired) electrons. The molecular weight excluding hydrogens is 400 g/mol. The van der Waals surface area contributed by atoms with Gasteiger partial charge in [0, 0.05) is 18.8 Å². The molecule has 0 saturated carbocycles. The minimum absolute atomic E-state index is 0.251. The lowest BCUT2D eigenvalue weighted by Crippen LogP contribution is -2.30. The second-order valence-electron chi connectivity index (χ2n) is 8.02. The summed E-state index contributed by atoms with van der Waals surface area (Å²) in [5, 5.41) is 2.80. The fourth-order valence-corrected chi connectivity index (χ4v) is 5.59. The molecule has 6 nitrogen and oxygen atoms in total. The van der Waals surface area contributed by atoms with Crippen LogP contribution in [0.3, 0.4) is 0 Å². The van der Waals surface area contributed by atoms with E-state index in [-0.39, 0.29) is 10.8 Å². The van der Waals surface area contributed by atoms with Crippen LogP contribution in [0.15, 0.2) is 47.4 Å². The van der Waals surface area contributed by atoms with E-state index in [4.69, 9.17) is 4.74 Å². The number of carbonyl (C=O) groups excluding carboxylic acids is 1. The number of aryl methyl sites for hydroxylation is 2. The van der Waals surface area contributed by atoms with Crippen LogP contribution >= 0.6 is 0 Å². The molecule has 0 unspecified atom stereocenters. The van der Waals surface area contributed by atoms with E-state index < -0.39 is 16.1 Å². The third-order valence-corrected chi connectivity index (χ3v) is 7.74. The molecule has 1 fully saturated rings. The van der Waals surface area contributed by atoms with Crippen molar-refractivity contribution >= 4 is 21.6 Å². The monoisotopic (exact) mass is 428 g/mol. The zero-order chi connectivity index (χ0) is 21.1. The topological polar surface area (TPSA) is 75.7 Å². The van der Waals surface area contributed by atoms with Crippen molar-refractivity contribution in [1.29, 1.82) is 0 Å². The molecule has 1 atom stereocenters. The van der Waals surface area contributed by atoms with Gasteiger partial charge in [-0.3, -0.25) is 4.79 Å². The van der Waals surface area contributed by atoms with Crippen LogP contribution < -0.4 is 10.1 Å². The minimum atomic E-state index is -3.45. The Morgan fingerprint density at radius 3 is 2.33 bits per heavy atom. The minimum Gasteiger partial charge on any atom is -0.481 e. The summed E-state index contributed by atoms with van der Waals surface area (Å²) in [6, 6.07) is 12.4. The normalized spacial score (nSPS) is 17.9. The molecule has 30 heavy (non-hydrogen) atoms. The molecule has 1 aliphatic carbocycles. The van der Waals surface area contributed by atoms with E-state index in [1.54, 1.807) is 19.1 Å². The lowest BCUT2D eigenvalue weighted by molar-refractivity contribution is -0.122. The smallest absolute Gasteiger partial charge is 0.265 e. The van der Waals surface area contributed by atoms with Gasteiger partial charge in [-0.1, -0.05) is 6.07 Å². The second kappa shape index (κ2) is 8.78. The molecule has 1 saturated heterocycles. The predicted octanol–water partition coefficient (Wildman–Crippen LogP) is 3.76. The first-order valence-corrected chi connectivity index (χ1v) is 12.1. The van der Waals surface area contributed by atoms with Gasteiger partial charge in [0.15, 0.2) is 6.10 Å². The summed E-state index contributed by atoms with van der Waals surface area (Å²) >= 11 is 0. The Balaban J connectivity index is 1.37. The lowest BCUT2D eigenvalue weighted by Gasteiger charge is -2.19. The number of nitrogens with one attached hydrogen (secondary N) is 1. The van der Waals surface area contributed by atoms with E-state index in [9.17, 15) is 13.2 Å². The number of hydrogen-bond acceptors (Lipinski definition) is 4. The van der Waals surface area contributed by atoms with Gasteiger partial charge in [0.2, 0.25) is 10.0 Å². The van der Waals surface area contributed by atoms with Crippen molar-refractivity contribution in [2.75, 3.05) is 18.4 Å². The maximum Gasteiger partial charge on any atom is 0.265 e. The summed E-state index contributed by atoms with van der Waals surface area (Å²) in [5.74, 6) is 0.424. The molecule has 0 aromatic heterocycles. The molecule has 2 aromatic carbocycles. The van der Waals surface area contributed by atoms with Crippen LogP contribution in [0, 0.1) is 0 Å². The van der Waals surface area contributed by atoms with Crippen LogP contribution in [0.2, 0.25) is 0 Å². The zero-order valence-corrected chi connectivity index (χ0v) is 18.1. The molecule has 1 N–H and O–H groups in total. The van der Waals surface area contributed by atoms with Crippen molar-refractivity contribution in [2.24, 2.45) is 0 Å². The highest BCUT2D eigenvalue weighted by Crippen LogP contribution is 2.26. The Morgan fingerprint density at radius 1 is 0.967 bits per heavy atom. The SMILES string of the molecule is C[C@@H](Oc1ccc2c(c1)CCCC2)C(=O)Nc1ccc(S(=O)(=O)N2CCCC2)cc1. The Labute approximate surface area is 178 Å². The third kappa shape index (κ3) is 4.52. The molecule has 0 bridgehead atoms. The first kappa shape index (κ1) is 20.9. The van der Waals surface area contributed by atoms with E-state index in [0.717, 1.165) is 25.7 Å². The number of nitrogens with zero attached hydrogens (tertiary/aromatic N) is 1. The van der Waals surface area contributed by atoms with Gasteiger partial charge in [-0.05, 0) is 93.0 Å². The molecule has 7 heteroatoms. The highest BCUT2D eigenvalue weighted by atomic mass is 32.2. The summed E-state index contributed by atoms with van der Waals surface area (Å²) in [7, 11) is -3.45. The maximum absolute atomic E-state index is 12.6. The van der Waals surface area contributed by atoms with Gasteiger partial charge in [-0.15, -0.1) is 0 Å². The number of benzene rings is 2. The number of hydrogen-bond donors (Lipinski definition) is 1. The highest BCUT2D eigenvalue weighted by molar-refractivity contribution is 7.89. The fourth-order valence-electron chi connectivity index (χ4n) is 4.07. The largest absolute Gasteiger partial charge is 0.481 e. The average Bonchev–Trinajstić information content (AvgIpc) is 3.30.